The van der Waals surface area contributed by atoms with Crippen molar-refractivity contribution in [1.82, 2.24) is 20.3 Å². The van der Waals surface area contributed by atoms with E-state index in [1.165, 1.54) is 11.8 Å². The second kappa shape index (κ2) is 6.09. The van der Waals surface area contributed by atoms with Gasteiger partial charge in [0.2, 0.25) is 0 Å². The molecule has 0 unspecified atom stereocenters. The van der Waals surface area contributed by atoms with Crippen molar-refractivity contribution in [2.24, 2.45) is 0 Å². The molecule has 2 bridgehead atoms. The number of hydrogen-bond acceptors (Lipinski definition) is 6. The van der Waals surface area contributed by atoms with Crippen molar-refractivity contribution in [3.63, 3.8) is 0 Å². The summed E-state index contributed by atoms with van der Waals surface area (Å²) in [7, 11) is 0. The molecule has 0 aliphatic carbocycles. The summed E-state index contributed by atoms with van der Waals surface area (Å²) in [5, 5.41) is 3.21. The monoisotopic (exact) mass is 415 g/mol. The van der Waals surface area contributed by atoms with Gasteiger partial charge in [-0.2, -0.15) is 8.78 Å². The molecule has 1 N–H and O–H groups in total. The number of nitrogens with zero attached hydrogens (tertiary/aromatic N) is 4. The van der Waals surface area contributed by atoms with Gasteiger partial charge in [-0.25, -0.2) is 19.3 Å². The normalized spacial score (nSPS) is 28.3. The number of alkyl halides is 2. The summed E-state index contributed by atoms with van der Waals surface area (Å²) in [4.78, 5) is 14.4. The Morgan fingerprint density at radius 1 is 1.30 bits per heavy atom. The van der Waals surface area contributed by atoms with Crippen LogP contribution in [0.15, 0.2) is 5.16 Å². The van der Waals surface area contributed by atoms with E-state index in [-0.39, 0.29) is 23.0 Å². The maximum absolute atomic E-state index is 15.2. The van der Waals surface area contributed by atoms with Gasteiger partial charge in [0.25, 0.3) is 5.92 Å². The molecule has 5 rings (SSSR count). The Balaban J connectivity index is 1.84. The fraction of sp³-hybridized carbons (Fsp3) is 0.588. The highest BCUT2D eigenvalue weighted by atomic mass is 35.5. The second-order valence-electron chi connectivity index (χ2n) is 7.23. The van der Waals surface area contributed by atoms with Crippen molar-refractivity contribution in [2.75, 3.05) is 17.2 Å². The molecule has 3 atom stereocenters. The number of piperazine rings is 1. The molecular formula is C17H17ClF3N5S. The number of aromatic nitrogens is 3. The fourth-order valence-electron chi connectivity index (χ4n) is 4.52. The average Bonchev–Trinajstić information content (AvgIpc) is 2.99. The maximum Gasteiger partial charge on any atom is 0.292 e. The largest absolute Gasteiger partial charge is 0.350 e. The van der Waals surface area contributed by atoms with Gasteiger partial charge in [0.15, 0.2) is 16.1 Å². The molecule has 2 fully saturated rings. The van der Waals surface area contributed by atoms with Crippen LogP contribution in [0.5, 0.6) is 0 Å². The van der Waals surface area contributed by atoms with Crippen LogP contribution in [-0.2, 0) is 5.92 Å². The number of fused-ring (bicyclic) bond motifs is 5. The third-order valence-corrected chi connectivity index (χ3v) is 6.60. The summed E-state index contributed by atoms with van der Waals surface area (Å²) in [6, 6.07) is -0.261. The molecule has 0 saturated carbocycles. The van der Waals surface area contributed by atoms with E-state index in [1.807, 2.05) is 11.8 Å². The Labute approximate surface area is 163 Å². The molecule has 10 heteroatoms. The molecule has 27 heavy (non-hydrogen) atoms. The minimum Gasteiger partial charge on any atom is -0.350 e. The van der Waals surface area contributed by atoms with Crippen molar-refractivity contribution in [3.05, 3.63) is 16.7 Å². The van der Waals surface area contributed by atoms with Gasteiger partial charge in [-0.1, -0.05) is 30.3 Å². The number of anilines is 1. The van der Waals surface area contributed by atoms with Crippen molar-refractivity contribution in [1.29, 1.82) is 0 Å². The Morgan fingerprint density at radius 2 is 2.11 bits per heavy atom. The number of halogens is 4. The Morgan fingerprint density at radius 3 is 2.89 bits per heavy atom. The van der Waals surface area contributed by atoms with E-state index in [9.17, 15) is 4.39 Å². The quantitative estimate of drug-likeness (QED) is 0.458. The summed E-state index contributed by atoms with van der Waals surface area (Å²) in [6.07, 6.45) is 1.37. The lowest BCUT2D eigenvalue weighted by Crippen LogP contribution is -2.59. The lowest BCUT2D eigenvalue weighted by atomic mass is 9.97. The molecule has 5 nitrogen and oxygen atoms in total. The lowest BCUT2D eigenvalue weighted by molar-refractivity contribution is -0.0256. The van der Waals surface area contributed by atoms with Gasteiger partial charge in [0.05, 0.1) is 11.4 Å². The predicted octanol–water partition coefficient (Wildman–Crippen LogP) is 3.73. The highest BCUT2D eigenvalue weighted by Gasteiger charge is 2.51. The highest BCUT2D eigenvalue weighted by molar-refractivity contribution is 7.99. The summed E-state index contributed by atoms with van der Waals surface area (Å²) >= 11 is 7.21. The van der Waals surface area contributed by atoms with Crippen LogP contribution in [0.1, 0.15) is 31.9 Å². The van der Waals surface area contributed by atoms with Gasteiger partial charge in [-0.15, -0.1) is 0 Å². The topological polar surface area (TPSA) is 53.9 Å². The first-order valence-corrected chi connectivity index (χ1v) is 10.4. The van der Waals surface area contributed by atoms with Crippen LogP contribution in [0.2, 0.25) is 5.15 Å². The maximum atomic E-state index is 15.2. The minimum atomic E-state index is -3.25. The molecule has 0 aromatic carbocycles. The number of rotatable bonds is 2. The van der Waals surface area contributed by atoms with Crippen LogP contribution in [0, 0.1) is 5.82 Å². The fourth-order valence-corrected chi connectivity index (χ4v) is 5.25. The molecule has 144 valence electrons. The standard InChI is InChI=1S/C17H17ClF3N5S/c1-2-27-16-23-12-10-13(24-14(18)11(12)19)17(20,21)5-9-8-4-3-7(22-8)6-26(9)15(10)25-16/h7-9,22H,2-6H2,1H3/t7-,8+,9-/m1/s1. The van der Waals surface area contributed by atoms with Gasteiger partial charge in [-0.3, -0.25) is 0 Å². The van der Waals surface area contributed by atoms with E-state index in [1.54, 1.807) is 0 Å². The van der Waals surface area contributed by atoms with Crippen molar-refractivity contribution >= 4 is 40.1 Å². The second-order valence-corrected chi connectivity index (χ2v) is 8.82. The summed E-state index contributed by atoms with van der Waals surface area (Å²) in [5.41, 5.74) is -0.686. The van der Waals surface area contributed by atoms with E-state index in [4.69, 9.17) is 11.6 Å². The molecule has 5 heterocycles. The van der Waals surface area contributed by atoms with E-state index >= 15 is 8.78 Å². The molecule has 3 aliphatic rings. The smallest absolute Gasteiger partial charge is 0.292 e. The van der Waals surface area contributed by atoms with Gasteiger partial charge < -0.3 is 10.2 Å². The third-order valence-electron chi connectivity index (χ3n) is 5.62. The zero-order valence-electron chi connectivity index (χ0n) is 14.5. The highest BCUT2D eigenvalue weighted by Crippen LogP contribution is 2.48. The minimum absolute atomic E-state index is 0.00819. The predicted molar refractivity (Wildman–Crippen MR) is 98.3 cm³/mol. The average molecular weight is 416 g/mol. The molecule has 0 spiro atoms. The first kappa shape index (κ1) is 17.8. The molecule has 0 radical (unpaired) electrons. The molecule has 0 amide bonds. The Kier molecular flexibility index (Phi) is 4.00. The van der Waals surface area contributed by atoms with E-state index < -0.39 is 35.0 Å². The number of hydrogen-bond donors (Lipinski definition) is 1. The van der Waals surface area contributed by atoms with Crippen LogP contribution in [0.3, 0.4) is 0 Å². The summed E-state index contributed by atoms with van der Waals surface area (Å²) in [5.74, 6) is -3.08. The SMILES string of the molecule is CCSc1nc2c3c(nc(Cl)c(F)c3n1)C(F)(F)C[C@@H]1[C@@H]3CC[C@H](CN21)N3. The summed E-state index contributed by atoms with van der Waals surface area (Å²) < 4.78 is 45.2. The van der Waals surface area contributed by atoms with Crippen molar-refractivity contribution < 1.29 is 13.2 Å². The van der Waals surface area contributed by atoms with Crippen LogP contribution in [0.25, 0.3) is 10.9 Å². The molecule has 3 aliphatic heterocycles. The van der Waals surface area contributed by atoms with Gasteiger partial charge in [-0.05, 0) is 18.6 Å². The molecule has 2 saturated heterocycles. The van der Waals surface area contributed by atoms with Crippen molar-refractivity contribution in [3.8, 4) is 0 Å². The number of pyridine rings is 1. The van der Waals surface area contributed by atoms with Crippen molar-refractivity contribution in [2.45, 2.75) is 55.4 Å². The van der Waals surface area contributed by atoms with Crippen LogP contribution >= 0.6 is 23.4 Å². The molecule has 2 aromatic heterocycles. The van der Waals surface area contributed by atoms with E-state index in [2.05, 4.69) is 20.3 Å². The molecule has 2 aromatic rings. The van der Waals surface area contributed by atoms with E-state index in [0.29, 0.717) is 23.3 Å². The first-order valence-electron chi connectivity index (χ1n) is 8.99. The van der Waals surface area contributed by atoms with E-state index in [0.717, 1.165) is 12.8 Å². The van der Waals surface area contributed by atoms with Crippen LogP contribution in [-0.4, -0.2) is 45.4 Å². The Hall–Kier alpha value is -1.32. The zero-order valence-corrected chi connectivity index (χ0v) is 16.0. The van der Waals surface area contributed by atoms with Crippen LogP contribution < -0.4 is 10.2 Å². The Bertz CT molecular complexity index is 943. The number of nitrogens with one attached hydrogen (secondary N) is 1. The van der Waals surface area contributed by atoms with Crippen LogP contribution in [0.4, 0.5) is 19.0 Å². The van der Waals surface area contributed by atoms with Gasteiger partial charge >= 0.3 is 0 Å². The zero-order chi connectivity index (χ0) is 18.9. The first-order chi connectivity index (χ1) is 12.9. The van der Waals surface area contributed by atoms with Gasteiger partial charge in [0.1, 0.15) is 17.0 Å². The third kappa shape index (κ3) is 2.61. The lowest BCUT2D eigenvalue weighted by Gasteiger charge is -2.41. The summed E-state index contributed by atoms with van der Waals surface area (Å²) in [6.45, 7) is 2.49. The number of thioether (sulfide) groups is 1. The molecular weight excluding hydrogens is 399 g/mol. The van der Waals surface area contributed by atoms with Gasteiger partial charge in [0, 0.05) is 25.0 Å².